The van der Waals surface area contributed by atoms with Crippen LogP contribution in [0, 0.1) is 0 Å². The van der Waals surface area contributed by atoms with Crippen molar-refractivity contribution in [2.75, 3.05) is 18.6 Å². The third-order valence-electron chi connectivity index (χ3n) is 1.52. The quantitative estimate of drug-likeness (QED) is 0.640. The Morgan fingerprint density at radius 2 is 2.08 bits per heavy atom. The summed E-state index contributed by atoms with van der Waals surface area (Å²) in [6.45, 7) is 2.04. The lowest BCUT2D eigenvalue weighted by molar-refractivity contribution is -0.118. The highest BCUT2D eigenvalue weighted by Gasteiger charge is 2.13. The summed E-state index contributed by atoms with van der Waals surface area (Å²) in [5.74, 6) is 0.649. The molecule has 0 radical (unpaired) electrons. The van der Waals surface area contributed by atoms with Crippen molar-refractivity contribution < 1.29 is 9.53 Å². The molecule has 0 saturated carbocycles. The van der Waals surface area contributed by atoms with Gasteiger partial charge in [0.15, 0.2) is 6.61 Å². The smallest absolute Gasteiger partial charge is 0.262 e. The van der Waals surface area contributed by atoms with E-state index >= 15 is 0 Å². The Hall–Kier alpha value is -1.08. The molecule has 0 saturated heterocycles. The minimum Gasteiger partial charge on any atom is -0.482 e. The molecule has 1 aliphatic rings. The van der Waals surface area contributed by atoms with Crippen molar-refractivity contribution in [3.05, 3.63) is 24.3 Å². The van der Waals surface area contributed by atoms with Crippen molar-refractivity contribution in [1.82, 2.24) is 0 Å². The molecule has 1 heterocycles. The number of amides is 1. The topological polar surface area (TPSA) is 38.3 Å². The largest absolute Gasteiger partial charge is 0.482 e. The number of ether oxygens (including phenoxy) is 1. The van der Waals surface area contributed by atoms with E-state index in [0.717, 1.165) is 11.4 Å². The predicted molar refractivity (Wildman–Crippen MR) is 56.2 cm³/mol. The van der Waals surface area contributed by atoms with Crippen molar-refractivity contribution in [2.24, 2.45) is 0 Å². The van der Waals surface area contributed by atoms with E-state index in [1.54, 1.807) is 0 Å². The van der Waals surface area contributed by atoms with Crippen LogP contribution in [0.3, 0.4) is 0 Å². The maximum atomic E-state index is 10.8. The number of hydrogen-bond acceptors (Lipinski definition) is 2. The zero-order valence-electron chi connectivity index (χ0n) is 7.41. The summed E-state index contributed by atoms with van der Waals surface area (Å²) in [4.78, 5) is 10.8. The third-order valence-corrected chi connectivity index (χ3v) is 1.52. The molecular weight excluding hydrogens is 185 g/mol. The minimum absolute atomic E-state index is 0.0938. The zero-order chi connectivity index (χ0) is 9.68. The van der Waals surface area contributed by atoms with Gasteiger partial charge < -0.3 is 10.1 Å². The molecular formula is C9H12NO2P. The van der Waals surface area contributed by atoms with Gasteiger partial charge in [-0.2, -0.15) is 0 Å². The van der Waals surface area contributed by atoms with E-state index in [9.17, 15) is 4.79 Å². The Morgan fingerprint density at radius 3 is 2.85 bits per heavy atom. The summed E-state index contributed by atoms with van der Waals surface area (Å²) >= 11 is 0. The normalized spacial score (nSPS) is 12.9. The fourth-order valence-corrected chi connectivity index (χ4v) is 1.03. The second-order valence-corrected chi connectivity index (χ2v) is 2.33. The molecule has 3 nitrogen and oxygen atoms in total. The molecule has 4 heteroatoms. The van der Waals surface area contributed by atoms with Crippen LogP contribution in [0.15, 0.2) is 24.3 Å². The Kier molecular flexibility index (Phi) is 3.71. The fraction of sp³-hybridized carbons (Fsp3) is 0.222. The van der Waals surface area contributed by atoms with Gasteiger partial charge in [-0.05, 0) is 12.1 Å². The monoisotopic (exact) mass is 197 g/mol. The van der Waals surface area contributed by atoms with E-state index in [1.807, 2.05) is 30.9 Å². The lowest BCUT2D eigenvalue weighted by Gasteiger charge is -2.16. The molecule has 0 aliphatic carbocycles. The van der Waals surface area contributed by atoms with Crippen LogP contribution in [0.5, 0.6) is 5.75 Å². The van der Waals surface area contributed by atoms with Gasteiger partial charge in [-0.15, -0.1) is 9.24 Å². The Bertz CT molecular complexity index is 301. The summed E-state index contributed by atoms with van der Waals surface area (Å²) in [6.07, 6.45) is 0. The van der Waals surface area contributed by atoms with E-state index < -0.39 is 0 Å². The third kappa shape index (κ3) is 2.43. The lowest BCUT2D eigenvalue weighted by atomic mass is 10.2. The minimum atomic E-state index is -0.0938. The molecule has 1 aliphatic heterocycles. The van der Waals surface area contributed by atoms with Gasteiger partial charge in [0.05, 0.1) is 5.69 Å². The molecule has 1 unspecified atom stereocenters. The van der Waals surface area contributed by atoms with Crippen molar-refractivity contribution in [3.63, 3.8) is 0 Å². The highest BCUT2D eigenvalue weighted by molar-refractivity contribution is 7.15. The van der Waals surface area contributed by atoms with Gasteiger partial charge in [0.2, 0.25) is 0 Å². The molecule has 0 spiro atoms. The zero-order valence-corrected chi connectivity index (χ0v) is 8.57. The first-order valence-corrected chi connectivity index (χ1v) is 5.11. The number of anilines is 1. The number of para-hydroxylation sites is 2. The van der Waals surface area contributed by atoms with E-state index in [-0.39, 0.29) is 12.5 Å². The summed E-state index contributed by atoms with van der Waals surface area (Å²) in [7, 11) is 2.42. The van der Waals surface area contributed by atoms with Gasteiger partial charge in [-0.3, -0.25) is 4.79 Å². The first-order chi connectivity index (χ1) is 6.36. The number of nitrogens with one attached hydrogen (secondary N) is 1. The molecule has 0 aromatic heterocycles. The Labute approximate surface area is 79.7 Å². The number of benzene rings is 1. The molecule has 1 atom stereocenters. The van der Waals surface area contributed by atoms with Crippen LogP contribution in [0.1, 0.15) is 0 Å². The van der Waals surface area contributed by atoms with Gasteiger partial charge in [-0.1, -0.05) is 18.8 Å². The fourth-order valence-electron chi connectivity index (χ4n) is 1.03. The van der Waals surface area contributed by atoms with Crippen molar-refractivity contribution in [2.45, 2.75) is 0 Å². The standard InChI is InChI=1S/C8H7NO2.CH5P/c10-8-5-11-7-4-2-1-3-6(7)9-8;1-2/h1-4H,5H2,(H,9,10);2H2,1H3. The molecule has 70 valence electrons. The second kappa shape index (κ2) is 4.83. The summed E-state index contributed by atoms with van der Waals surface area (Å²) in [6, 6.07) is 7.37. The molecule has 0 fully saturated rings. The van der Waals surface area contributed by atoms with E-state index in [1.165, 1.54) is 0 Å². The maximum Gasteiger partial charge on any atom is 0.262 e. The number of hydrogen-bond donors (Lipinski definition) is 1. The van der Waals surface area contributed by atoms with Crippen LogP contribution in [-0.4, -0.2) is 19.2 Å². The average molecular weight is 197 g/mol. The molecule has 1 amide bonds. The van der Waals surface area contributed by atoms with Gasteiger partial charge >= 0.3 is 0 Å². The molecule has 13 heavy (non-hydrogen) atoms. The van der Waals surface area contributed by atoms with E-state index in [2.05, 4.69) is 14.6 Å². The first kappa shape index (κ1) is 10.0. The summed E-state index contributed by atoms with van der Waals surface area (Å²) in [5, 5.41) is 2.70. The second-order valence-electron chi connectivity index (χ2n) is 2.33. The van der Waals surface area contributed by atoms with Crippen LogP contribution in [-0.2, 0) is 4.79 Å². The SMILES string of the molecule is CP.O=C1COc2ccccc2N1. The Morgan fingerprint density at radius 1 is 1.38 bits per heavy atom. The van der Waals surface area contributed by atoms with Gasteiger partial charge in [0.25, 0.3) is 5.91 Å². The molecule has 1 aromatic rings. The number of rotatable bonds is 0. The van der Waals surface area contributed by atoms with E-state index in [4.69, 9.17) is 4.74 Å². The van der Waals surface area contributed by atoms with Crippen molar-refractivity contribution >= 4 is 20.8 Å². The summed E-state index contributed by atoms with van der Waals surface area (Å²) < 4.78 is 5.12. The molecule has 1 aromatic carbocycles. The van der Waals surface area contributed by atoms with Crippen LogP contribution in [0.2, 0.25) is 0 Å². The average Bonchev–Trinajstić information content (AvgIpc) is 2.21. The molecule has 2 rings (SSSR count). The number of carbonyl (C=O) groups is 1. The van der Waals surface area contributed by atoms with Gasteiger partial charge in [0, 0.05) is 0 Å². The van der Waals surface area contributed by atoms with Crippen molar-refractivity contribution in [1.29, 1.82) is 0 Å². The predicted octanol–water partition coefficient (Wildman–Crippen LogP) is 1.51. The summed E-state index contributed by atoms with van der Waals surface area (Å²) in [5.41, 5.74) is 0.753. The molecule has 0 bridgehead atoms. The highest BCUT2D eigenvalue weighted by Crippen LogP contribution is 2.25. The van der Waals surface area contributed by atoms with Gasteiger partial charge in [-0.25, -0.2) is 0 Å². The Balaban J connectivity index is 0.000000396. The first-order valence-electron chi connectivity index (χ1n) is 3.96. The van der Waals surface area contributed by atoms with Gasteiger partial charge in [0.1, 0.15) is 5.75 Å². The van der Waals surface area contributed by atoms with Crippen LogP contribution in [0.4, 0.5) is 5.69 Å². The van der Waals surface area contributed by atoms with Crippen LogP contribution < -0.4 is 10.1 Å². The molecule has 1 N–H and O–H groups in total. The number of fused-ring (bicyclic) bond motifs is 1. The van der Waals surface area contributed by atoms with Crippen molar-refractivity contribution in [3.8, 4) is 5.75 Å². The van der Waals surface area contributed by atoms with Crippen LogP contribution >= 0.6 is 9.24 Å². The lowest BCUT2D eigenvalue weighted by Crippen LogP contribution is -2.25. The van der Waals surface area contributed by atoms with E-state index in [0.29, 0.717) is 0 Å². The maximum absolute atomic E-state index is 10.8. The van der Waals surface area contributed by atoms with Crippen LogP contribution in [0.25, 0.3) is 0 Å². The number of carbonyl (C=O) groups excluding carboxylic acids is 1. The highest BCUT2D eigenvalue weighted by atomic mass is 31.0.